The van der Waals surface area contributed by atoms with Crippen molar-refractivity contribution in [3.63, 3.8) is 0 Å². The molecule has 0 aromatic heterocycles. The summed E-state index contributed by atoms with van der Waals surface area (Å²) in [6.45, 7) is 0.264. The van der Waals surface area contributed by atoms with Crippen molar-refractivity contribution in [3.8, 4) is 11.5 Å². The smallest absolute Gasteiger partial charge is 0.250 e. The third kappa shape index (κ3) is 4.13. The van der Waals surface area contributed by atoms with Gasteiger partial charge < -0.3 is 19.9 Å². The van der Waals surface area contributed by atoms with E-state index in [1.165, 1.54) is 0 Å². The number of rotatable bonds is 5. The van der Waals surface area contributed by atoms with E-state index in [4.69, 9.17) is 21.1 Å². The molecule has 3 rings (SSSR count). The van der Waals surface area contributed by atoms with E-state index in [1.807, 2.05) is 12.1 Å². The van der Waals surface area contributed by atoms with Gasteiger partial charge in [-0.15, -0.1) is 0 Å². The summed E-state index contributed by atoms with van der Waals surface area (Å²) in [7, 11) is 1.58. The van der Waals surface area contributed by atoms with Crippen LogP contribution in [0.15, 0.2) is 48.0 Å². The van der Waals surface area contributed by atoms with Gasteiger partial charge in [-0.1, -0.05) is 23.7 Å². The van der Waals surface area contributed by atoms with E-state index in [0.29, 0.717) is 27.7 Å². The molecule has 0 saturated heterocycles. The molecule has 0 bridgehead atoms. The van der Waals surface area contributed by atoms with Gasteiger partial charge in [0.1, 0.15) is 18.1 Å². The van der Waals surface area contributed by atoms with E-state index in [-0.39, 0.29) is 19.1 Å². The lowest BCUT2D eigenvalue weighted by Gasteiger charge is -2.19. The van der Waals surface area contributed by atoms with Crippen LogP contribution in [0.4, 0.5) is 0 Å². The highest BCUT2D eigenvalue weighted by atomic mass is 35.5. The van der Waals surface area contributed by atoms with Gasteiger partial charge in [-0.05, 0) is 42.0 Å². The third-order valence-corrected chi connectivity index (χ3v) is 4.15. The van der Waals surface area contributed by atoms with E-state index in [9.17, 15) is 9.90 Å². The molecule has 130 valence electrons. The summed E-state index contributed by atoms with van der Waals surface area (Å²) < 4.78 is 10.8. The van der Waals surface area contributed by atoms with Crippen molar-refractivity contribution in [2.45, 2.75) is 6.10 Å². The van der Waals surface area contributed by atoms with Gasteiger partial charge in [0.2, 0.25) is 0 Å². The lowest BCUT2D eigenvalue weighted by molar-refractivity contribution is -0.118. The fourth-order valence-corrected chi connectivity index (χ4v) is 2.75. The first kappa shape index (κ1) is 17.3. The molecule has 0 fully saturated rings. The Morgan fingerprint density at radius 1 is 1.36 bits per heavy atom. The molecule has 1 unspecified atom stereocenters. The van der Waals surface area contributed by atoms with Crippen LogP contribution < -0.4 is 14.8 Å². The summed E-state index contributed by atoms with van der Waals surface area (Å²) in [5.74, 6) is 1.11. The Morgan fingerprint density at radius 3 is 2.96 bits per heavy atom. The van der Waals surface area contributed by atoms with Crippen molar-refractivity contribution >= 4 is 23.6 Å². The topological polar surface area (TPSA) is 67.8 Å². The molecule has 0 spiro atoms. The summed E-state index contributed by atoms with van der Waals surface area (Å²) >= 11 is 5.91. The predicted molar refractivity (Wildman–Crippen MR) is 95.9 cm³/mol. The van der Waals surface area contributed by atoms with Crippen LogP contribution in [-0.2, 0) is 4.79 Å². The van der Waals surface area contributed by atoms with Crippen molar-refractivity contribution in [1.29, 1.82) is 0 Å². The number of fused-ring (bicyclic) bond motifs is 1. The highest BCUT2D eigenvalue weighted by Gasteiger charge is 2.19. The van der Waals surface area contributed by atoms with E-state index < -0.39 is 6.10 Å². The molecule has 1 atom stereocenters. The molecule has 6 heteroatoms. The Morgan fingerprint density at radius 2 is 2.20 bits per heavy atom. The summed E-state index contributed by atoms with van der Waals surface area (Å²) in [5.41, 5.74) is 1.92. The minimum Gasteiger partial charge on any atom is -0.497 e. The lowest BCUT2D eigenvalue weighted by atomic mass is 10.1. The number of carbonyl (C=O) groups is 1. The van der Waals surface area contributed by atoms with E-state index in [0.717, 1.165) is 5.56 Å². The fourth-order valence-electron chi connectivity index (χ4n) is 2.55. The third-order valence-electron chi connectivity index (χ3n) is 3.91. The van der Waals surface area contributed by atoms with Crippen LogP contribution in [0.25, 0.3) is 6.08 Å². The monoisotopic (exact) mass is 359 g/mol. The van der Waals surface area contributed by atoms with E-state index >= 15 is 0 Å². The molecule has 1 aliphatic heterocycles. The van der Waals surface area contributed by atoms with Crippen LogP contribution in [0.3, 0.4) is 0 Å². The average Bonchev–Trinajstić information content (AvgIpc) is 2.64. The number of hydrogen-bond donors (Lipinski definition) is 2. The number of benzene rings is 2. The Kier molecular flexibility index (Phi) is 5.26. The Bertz CT molecular complexity index is 819. The van der Waals surface area contributed by atoms with Gasteiger partial charge in [0.05, 0.1) is 18.8 Å². The first-order valence-electron chi connectivity index (χ1n) is 7.80. The molecule has 0 saturated carbocycles. The molecule has 2 aromatic rings. The number of amides is 1. The normalized spacial score (nSPS) is 14.0. The van der Waals surface area contributed by atoms with Gasteiger partial charge in [0, 0.05) is 17.1 Å². The first-order valence-corrected chi connectivity index (χ1v) is 8.18. The number of aliphatic hydroxyl groups excluding tert-OH is 1. The van der Waals surface area contributed by atoms with Crippen molar-refractivity contribution in [1.82, 2.24) is 5.32 Å². The minimum absolute atomic E-state index is 0.0848. The zero-order valence-electron chi connectivity index (χ0n) is 13.7. The number of nitrogens with one attached hydrogen (secondary N) is 1. The first-order chi connectivity index (χ1) is 12.1. The van der Waals surface area contributed by atoms with Crippen molar-refractivity contribution in [3.05, 3.63) is 64.2 Å². The maximum absolute atomic E-state index is 12.3. The number of hydrogen-bond acceptors (Lipinski definition) is 4. The van der Waals surface area contributed by atoms with Crippen LogP contribution in [0.5, 0.6) is 11.5 Å². The second-order valence-electron chi connectivity index (χ2n) is 5.64. The molecule has 0 radical (unpaired) electrons. The molecular weight excluding hydrogens is 342 g/mol. The van der Waals surface area contributed by atoms with Gasteiger partial charge in [-0.25, -0.2) is 0 Å². The zero-order chi connectivity index (χ0) is 17.8. The van der Waals surface area contributed by atoms with E-state index in [2.05, 4.69) is 5.32 Å². The zero-order valence-corrected chi connectivity index (χ0v) is 14.4. The van der Waals surface area contributed by atoms with Gasteiger partial charge in [0.15, 0.2) is 0 Å². The second kappa shape index (κ2) is 7.59. The summed E-state index contributed by atoms with van der Waals surface area (Å²) in [6.07, 6.45) is 0.933. The molecule has 1 heterocycles. The maximum atomic E-state index is 12.3. The van der Waals surface area contributed by atoms with Gasteiger partial charge in [-0.3, -0.25) is 4.79 Å². The molecule has 1 aliphatic rings. The number of carbonyl (C=O) groups excluding carboxylic acids is 1. The molecular formula is C19H18ClNO4. The van der Waals surface area contributed by atoms with E-state index in [1.54, 1.807) is 43.5 Å². The largest absolute Gasteiger partial charge is 0.497 e. The predicted octanol–water partition coefficient (Wildman–Crippen LogP) is 2.97. The molecule has 5 nitrogen and oxygen atoms in total. The number of aliphatic hydroxyl groups is 1. The Hall–Kier alpha value is -2.50. The van der Waals surface area contributed by atoms with Crippen molar-refractivity contribution in [2.75, 3.05) is 20.3 Å². The standard InChI is InChI=1S/C19H18ClNO4/c1-24-16-5-6-18-13(9-16)7-14(11-25-18)19(23)21-10-17(22)12-3-2-4-15(20)8-12/h2-9,17,22H,10-11H2,1H3,(H,21,23). The van der Waals surface area contributed by atoms with Gasteiger partial charge in [0.25, 0.3) is 5.91 Å². The molecule has 2 N–H and O–H groups in total. The van der Waals surface area contributed by atoms with Crippen LogP contribution in [0, 0.1) is 0 Å². The molecule has 1 amide bonds. The Labute approximate surface area is 150 Å². The van der Waals surface area contributed by atoms with Crippen LogP contribution in [-0.4, -0.2) is 31.3 Å². The quantitative estimate of drug-likeness (QED) is 0.861. The summed E-state index contributed by atoms with van der Waals surface area (Å²) in [6, 6.07) is 12.3. The lowest BCUT2D eigenvalue weighted by Crippen LogP contribution is -2.32. The van der Waals surface area contributed by atoms with Crippen molar-refractivity contribution < 1.29 is 19.4 Å². The van der Waals surface area contributed by atoms with Gasteiger partial charge in [-0.2, -0.15) is 0 Å². The van der Waals surface area contributed by atoms with Crippen molar-refractivity contribution in [2.24, 2.45) is 0 Å². The van der Waals surface area contributed by atoms with Crippen LogP contribution in [0.1, 0.15) is 17.2 Å². The summed E-state index contributed by atoms with van der Waals surface area (Å²) in [4.78, 5) is 12.3. The van der Waals surface area contributed by atoms with Gasteiger partial charge >= 0.3 is 0 Å². The average molecular weight is 360 g/mol. The number of methoxy groups -OCH3 is 1. The molecule has 0 aliphatic carbocycles. The highest BCUT2D eigenvalue weighted by Crippen LogP contribution is 2.30. The molecule has 25 heavy (non-hydrogen) atoms. The number of ether oxygens (including phenoxy) is 2. The SMILES string of the molecule is COc1ccc2c(c1)C=C(C(=O)NCC(O)c1cccc(Cl)c1)CO2. The summed E-state index contributed by atoms with van der Waals surface area (Å²) in [5, 5.41) is 13.4. The maximum Gasteiger partial charge on any atom is 0.250 e. The molecule has 2 aromatic carbocycles. The Balaban J connectivity index is 1.66. The van der Waals surface area contributed by atoms with Crippen LogP contribution in [0.2, 0.25) is 5.02 Å². The fraction of sp³-hybridized carbons (Fsp3) is 0.211. The highest BCUT2D eigenvalue weighted by molar-refractivity contribution is 6.30. The number of halogens is 1. The second-order valence-corrected chi connectivity index (χ2v) is 6.08. The minimum atomic E-state index is -0.833. The van der Waals surface area contributed by atoms with Crippen LogP contribution >= 0.6 is 11.6 Å².